The van der Waals surface area contributed by atoms with Gasteiger partial charge in [0.25, 0.3) is 11.8 Å². The lowest BCUT2D eigenvalue weighted by Crippen LogP contribution is -2.37. The third-order valence-corrected chi connectivity index (χ3v) is 4.72. The summed E-state index contributed by atoms with van der Waals surface area (Å²) in [5.41, 5.74) is 1.23. The van der Waals surface area contributed by atoms with Gasteiger partial charge in [-0.2, -0.15) is 0 Å². The first-order valence-electron chi connectivity index (χ1n) is 8.99. The highest BCUT2D eigenvalue weighted by Crippen LogP contribution is 2.17. The van der Waals surface area contributed by atoms with E-state index in [1.165, 1.54) is 0 Å². The van der Waals surface area contributed by atoms with Crippen molar-refractivity contribution in [1.82, 2.24) is 9.80 Å². The number of rotatable bonds is 4. The summed E-state index contributed by atoms with van der Waals surface area (Å²) in [5.74, 6) is 1.32. The van der Waals surface area contributed by atoms with E-state index in [2.05, 4.69) is 0 Å². The smallest absolute Gasteiger partial charge is 0.254 e. The van der Waals surface area contributed by atoms with E-state index in [-0.39, 0.29) is 11.8 Å². The Morgan fingerprint density at radius 1 is 0.741 bits per heavy atom. The molecule has 1 fully saturated rings. The van der Waals surface area contributed by atoms with E-state index in [4.69, 9.17) is 9.47 Å². The number of nitrogens with zero attached hydrogens (tertiary/aromatic N) is 2. The third-order valence-electron chi connectivity index (χ3n) is 4.72. The van der Waals surface area contributed by atoms with Gasteiger partial charge in [0.15, 0.2) is 0 Å². The molecule has 27 heavy (non-hydrogen) atoms. The van der Waals surface area contributed by atoms with Crippen molar-refractivity contribution in [1.29, 1.82) is 0 Å². The molecular formula is C21H24N2O4. The van der Waals surface area contributed by atoms with Crippen molar-refractivity contribution in [3.8, 4) is 11.5 Å². The normalized spacial score (nSPS) is 14.4. The first kappa shape index (κ1) is 18.8. The predicted octanol–water partition coefficient (Wildman–Crippen LogP) is 2.69. The predicted molar refractivity (Wildman–Crippen MR) is 102 cm³/mol. The van der Waals surface area contributed by atoms with Crippen LogP contribution in [0, 0.1) is 0 Å². The molecule has 2 amide bonds. The molecule has 1 aliphatic rings. The quantitative estimate of drug-likeness (QED) is 0.833. The standard InChI is InChI=1S/C21H24N2O4/c1-26-18-9-7-16(8-10-18)20(24)22-11-4-12-23(14-13-22)21(25)17-5-3-6-19(15-17)27-2/h3,5-10,15H,4,11-14H2,1-2H3. The summed E-state index contributed by atoms with van der Waals surface area (Å²) >= 11 is 0. The lowest BCUT2D eigenvalue weighted by molar-refractivity contribution is 0.0718. The number of methoxy groups -OCH3 is 2. The van der Waals surface area contributed by atoms with Crippen LogP contribution in [0.15, 0.2) is 48.5 Å². The Bertz CT molecular complexity index is 804. The number of hydrogen-bond acceptors (Lipinski definition) is 4. The molecule has 0 bridgehead atoms. The van der Waals surface area contributed by atoms with Crippen molar-refractivity contribution < 1.29 is 19.1 Å². The number of carbonyl (C=O) groups is 2. The minimum Gasteiger partial charge on any atom is -0.497 e. The summed E-state index contributed by atoms with van der Waals surface area (Å²) < 4.78 is 10.3. The maximum atomic E-state index is 12.8. The molecule has 2 aromatic carbocycles. The highest BCUT2D eigenvalue weighted by Gasteiger charge is 2.23. The van der Waals surface area contributed by atoms with Gasteiger partial charge in [0.1, 0.15) is 11.5 Å². The SMILES string of the molecule is COc1ccc(C(=O)N2CCCN(C(=O)c3cccc(OC)c3)CC2)cc1. The summed E-state index contributed by atoms with van der Waals surface area (Å²) in [6, 6.07) is 14.3. The molecule has 0 saturated carbocycles. The van der Waals surface area contributed by atoms with Crippen molar-refractivity contribution >= 4 is 11.8 Å². The van der Waals surface area contributed by atoms with E-state index < -0.39 is 0 Å². The highest BCUT2D eigenvalue weighted by atomic mass is 16.5. The number of benzene rings is 2. The molecule has 0 aliphatic carbocycles. The van der Waals surface area contributed by atoms with E-state index in [9.17, 15) is 9.59 Å². The van der Waals surface area contributed by atoms with Crippen LogP contribution in [0.3, 0.4) is 0 Å². The zero-order valence-corrected chi connectivity index (χ0v) is 15.7. The molecular weight excluding hydrogens is 344 g/mol. The highest BCUT2D eigenvalue weighted by molar-refractivity contribution is 5.95. The van der Waals surface area contributed by atoms with Crippen LogP contribution < -0.4 is 9.47 Å². The molecule has 0 aromatic heterocycles. The van der Waals surface area contributed by atoms with Crippen LogP contribution in [0.1, 0.15) is 27.1 Å². The largest absolute Gasteiger partial charge is 0.497 e. The summed E-state index contributed by atoms with van der Waals surface area (Å²) in [6.45, 7) is 2.29. The van der Waals surface area contributed by atoms with Crippen LogP contribution in [-0.2, 0) is 0 Å². The average Bonchev–Trinajstić information content (AvgIpc) is 2.99. The van der Waals surface area contributed by atoms with Gasteiger partial charge in [-0.15, -0.1) is 0 Å². The maximum Gasteiger partial charge on any atom is 0.254 e. The van der Waals surface area contributed by atoms with Crippen molar-refractivity contribution in [2.45, 2.75) is 6.42 Å². The fourth-order valence-corrected chi connectivity index (χ4v) is 3.18. The molecule has 3 rings (SSSR count). The van der Waals surface area contributed by atoms with E-state index in [0.717, 1.165) is 12.2 Å². The van der Waals surface area contributed by atoms with Gasteiger partial charge in [-0.1, -0.05) is 6.07 Å². The zero-order chi connectivity index (χ0) is 19.2. The van der Waals surface area contributed by atoms with Crippen LogP contribution in [0.4, 0.5) is 0 Å². The van der Waals surface area contributed by atoms with Crippen molar-refractivity contribution in [2.75, 3.05) is 40.4 Å². The molecule has 6 heteroatoms. The lowest BCUT2D eigenvalue weighted by Gasteiger charge is -2.22. The fraction of sp³-hybridized carbons (Fsp3) is 0.333. The lowest BCUT2D eigenvalue weighted by atomic mass is 10.2. The van der Waals surface area contributed by atoms with E-state index >= 15 is 0 Å². The van der Waals surface area contributed by atoms with E-state index in [0.29, 0.717) is 43.1 Å². The van der Waals surface area contributed by atoms with Crippen molar-refractivity contribution in [2.24, 2.45) is 0 Å². The summed E-state index contributed by atoms with van der Waals surface area (Å²) in [6.07, 6.45) is 0.748. The molecule has 142 valence electrons. The topological polar surface area (TPSA) is 59.1 Å². The van der Waals surface area contributed by atoms with Crippen LogP contribution in [0.25, 0.3) is 0 Å². The molecule has 0 unspecified atom stereocenters. The number of carbonyl (C=O) groups excluding carboxylic acids is 2. The zero-order valence-electron chi connectivity index (χ0n) is 15.7. The summed E-state index contributed by atoms with van der Waals surface area (Å²) in [7, 11) is 3.18. The van der Waals surface area contributed by atoms with Gasteiger partial charge in [-0.05, 0) is 48.9 Å². The molecule has 0 spiro atoms. The monoisotopic (exact) mass is 368 g/mol. The van der Waals surface area contributed by atoms with Gasteiger partial charge >= 0.3 is 0 Å². The summed E-state index contributed by atoms with van der Waals surface area (Å²) in [5, 5.41) is 0. The van der Waals surface area contributed by atoms with Crippen LogP contribution >= 0.6 is 0 Å². The van der Waals surface area contributed by atoms with Crippen LogP contribution in [0.2, 0.25) is 0 Å². The first-order valence-corrected chi connectivity index (χ1v) is 8.99. The van der Waals surface area contributed by atoms with Gasteiger partial charge in [0, 0.05) is 37.3 Å². The third kappa shape index (κ3) is 4.39. The first-order chi connectivity index (χ1) is 13.1. The van der Waals surface area contributed by atoms with Gasteiger partial charge in [-0.25, -0.2) is 0 Å². The van der Waals surface area contributed by atoms with Gasteiger partial charge in [0.05, 0.1) is 14.2 Å². The van der Waals surface area contributed by atoms with Crippen LogP contribution in [-0.4, -0.2) is 62.0 Å². The second kappa shape index (κ2) is 8.58. The van der Waals surface area contributed by atoms with Gasteiger partial charge < -0.3 is 19.3 Å². The van der Waals surface area contributed by atoms with Crippen molar-refractivity contribution in [3.05, 3.63) is 59.7 Å². The number of amides is 2. The van der Waals surface area contributed by atoms with E-state index in [1.54, 1.807) is 60.4 Å². The molecule has 1 heterocycles. The molecule has 0 N–H and O–H groups in total. The molecule has 0 atom stereocenters. The Morgan fingerprint density at radius 3 is 1.93 bits per heavy atom. The molecule has 1 saturated heterocycles. The molecule has 2 aromatic rings. The average molecular weight is 368 g/mol. The Hall–Kier alpha value is -3.02. The molecule has 1 aliphatic heterocycles. The van der Waals surface area contributed by atoms with Gasteiger partial charge in [0.2, 0.25) is 0 Å². The Labute approximate surface area is 159 Å². The second-order valence-corrected chi connectivity index (χ2v) is 6.40. The Kier molecular flexibility index (Phi) is 5.96. The number of hydrogen-bond donors (Lipinski definition) is 0. The second-order valence-electron chi connectivity index (χ2n) is 6.40. The minimum absolute atomic E-state index is 0.0201. The summed E-state index contributed by atoms with van der Waals surface area (Å²) in [4.78, 5) is 29.1. The number of ether oxygens (including phenoxy) is 2. The minimum atomic E-state index is -0.0346. The van der Waals surface area contributed by atoms with Crippen molar-refractivity contribution in [3.63, 3.8) is 0 Å². The Balaban J connectivity index is 1.65. The van der Waals surface area contributed by atoms with Gasteiger partial charge in [-0.3, -0.25) is 9.59 Å². The Morgan fingerprint density at radius 2 is 1.33 bits per heavy atom. The molecule has 6 nitrogen and oxygen atoms in total. The fourth-order valence-electron chi connectivity index (χ4n) is 3.18. The molecule has 0 radical (unpaired) electrons. The van der Waals surface area contributed by atoms with E-state index in [1.807, 2.05) is 12.1 Å². The maximum absolute atomic E-state index is 12.8. The van der Waals surface area contributed by atoms with Crippen LogP contribution in [0.5, 0.6) is 11.5 Å².